The van der Waals surface area contributed by atoms with Gasteiger partial charge >= 0.3 is 0 Å². The molecule has 7 heteroatoms. The number of ketones is 1. The number of hydrogen-bond acceptors (Lipinski definition) is 6. The van der Waals surface area contributed by atoms with Crippen LogP contribution >= 0.6 is 0 Å². The molecule has 0 unspecified atom stereocenters. The van der Waals surface area contributed by atoms with E-state index in [0.717, 1.165) is 24.2 Å². The first kappa shape index (κ1) is 21.3. The number of phenols is 1. The Bertz CT molecular complexity index is 1020. The van der Waals surface area contributed by atoms with Gasteiger partial charge in [0.1, 0.15) is 18.1 Å². The van der Waals surface area contributed by atoms with Crippen molar-refractivity contribution in [2.45, 2.75) is 31.7 Å². The van der Waals surface area contributed by atoms with Crippen molar-refractivity contribution in [2.24, 2.45) is 5.73 Å². The number of hydrogen-bond donors (Lipinski definition) is 2. The van der Waals surface area contributed by atoms with Crippen LogP contribution in [0.3, 0.4) is 0 Å². The summed E-state index contributed by atoms with van der Waals surface area (Å²) >= 11 is 0. The molecule has 164 valence electrons. The molecule has 2 heterocycles. The maximum absolute atomic E-state index is 13.2. The Labute approximate surface area is 181 Å². The second-order valence-electron chi connectivity index (χ2n) is 8.44. The number of carbonyl (C=O) groups excluding carboxylic acids is 2. The molecule has 1 amide bonds. The highest BCUT2D eigenvalue weighted by Gasteiger charge is 2.44. The molecular formula is C24H28N2O5. The third-order valence-electron chi connectivity index (χ3n) is 6.49. The first-order valence-corrected chi connectivity index (χ1v) is 10.5. The number of amides is 1. The number of aromatic hydroxyl groups is 1. The van der Waals surface area contributed by atoms with E-state index in [1.807, 2.05) is 17.0 Å². The van der Waals surface area contributed by atoms with Crippen LogP contribution in [0.25, 0.3) is 0 Å². The fourth-order valence-electron chi connectivity index (χ4n) is 4.60. The molecule has 0 aliphatic carbocycles. The highest BCUT2D eigenvalue weighted by Crippen LogP contribution is 2.46. The molecule has 0 radical (unpaired) electrons. The Kier molecular flexibility index (Phi) is 5.73. The van der Waals surface area contributed by atoms with Crippen LogP contribution in [0.4, 0.5) is 0 Å². The number of aryl methyl sites for hydroxylation is 1. The van der Waals surface area contributed by atoms with Crippen molar-refractivity contribution in [1.82, 2.24) is 4.90 Å². The molecule has 2 aliphatic heterocycles. The van der Waals surface area contributed by atoms with Crippen molar-refractivity contribution in [3.8, 4) is 11.5 Å². The second kappa shape index (κ2) is 8.32. The molecule has 2 aromatic carbocycles. The summed E-state index contributed by atoms with van der Waals surface area (Å²) in [6, 6.07) is 9.22. The maximum atomic E-state index is 13.2. The Balaban J connectivity index is 1.53. The zero-order chi connectivity index (χ0) is 22.2. The number of ether oxygens (including phenoxy) is 2. The molecule has 3 N–H and O–H groups in total. The summed E-state index contributed by atoms with van der Waals surface area (Å²) in [6.45, 7) is 3.82. The lowest BCUT2D eigenvalue weighted by Crippen LogP contribution is -2.46. The smallest absolute Gasteiger partial charge is 0.253 e. The van der Waals surface area contributed by atoms with Gasteiger partial charge in [0.15, 0.2) is 5.78 Å². The predicted octanol–water partition coefficient (Wildman–Crippen LogP) is 2.55. The van der Waals surface area contributed by atoms with E-state index in [1.54, 1.807) is 13.0 Å². The molecule has 0 aromatic heterocycles. The molecular weight excluding hydrogens is 396 g/mol. The molecule has 4 rings (SSSR count). The van der Waals surface area contributed by atoms with Crippen molar-refractivity contribution in [1.29, 1.82) is 0 Å². The van der Waals surface area contributed by atoms with Crippen LogP contribution < -0.4 is 10.5 Å². The summed E-state index contributed by atoms with van der Waals surface area (Å²) in [7, 11) is 1.42. The molecule has 1 fully saturated rings. The zero-order valence-corrected chi connectivity index (χ0v) is 17.9. The summed E-state index contributed by atoms with van der Waals surface area (Å²) in [6.07, 6.45) is 1.60. The number of nitrogens with zero attached hydrogens (tertiary/aromatic N) is 1. The molecule has 1 saturated heterocycles. The number of phenolic OH excluding ortho intramolecular Hbond substituents is 1. The minimum atomic E-state index is -0.356. The Hall–Kier alpha value is -2.90. The number of benzene rings is 2. The number of methoxy groups -OCH3 is 1. The molecule has 31 heavy (non-hydrogen) atoms. The number of piperidine rings is 1. The van der Waals surface area contributed by atoms with Crippen molar-refractivity contribution >= 4 is 11.7 Å². The van der Waals surface area contributed by atoms with Gasteiger partial charge in [-0.25, -0.2) is 0 Å². The van der Waals surface area contributed by atoms with Crippen LogP contribution in [0.2, 0.25) is 0 Å². The lowest BCUT2D eigenvalue weighted by molar-refractivity contribution is 0.0646. The van der Waals surface area contributed by atoms with Crippen molar-refractivity contribution in [3.63, 3.8) is 0 Å². The van der Waals surface area contributed by atoms with Crippen LogP contribution in [0, 0.1) is 6.92 Å². The van der Waals surface area contributed by atoms with Gasteiger partial charge in [-0.2, -0.15) is 0 Å². The lowest BCUT2D eigenvalue weighted by atomic mass is 9.74. The third kappa shape index (κ3) is 3.79. The summed E-state index contributed by atoms with van der Waals surface area (Å²) in [5.41, 5.74) is 9.00. The molecule has 0 atom stereocenters. The molecule has 1 spiro atoms. The van der Waals surface area contributed by atoms with Crippen molar-refractivity contribution < 1.29 is 24.2 Å². The van der Waals surface area contributed by atoms with Gasteiger partial charge in [-0.15, -0.1) is 0 Å². The Morgan fingerprint density at radius 2 is 1.97 bits per heavy atom. The maximum Gasteiger partial charge on any atom is 0.253 e. The number of fused-ring (bicyclic) bond motifs is 2. The quantitative estimate of drug-likeness (QED) is 0.716. The van der Waals surface area contributed by atoms with Crippen LogP contribution in [0.15, 0.2) is 30.3 Å². The third-order valence-corrected chi connectivity index (χ3v) is 6.49. The van der Waals surface area contributed by atoms with Crippen molar-refractivity contribution in [2.75, 3.05) is 33.4 Å². The highest BCUT2D eigenvalue weighted by atomic mass is 16.5. The van der Waals surface area contributed by atoms with Gasteiger partial charge < -0.3 is 25.2 Å². The number of carbonyl (C=O) groups is 2. The summed E-state index contributed by atoms with van der Waals surface area (Å²) < 4.78 is 10.8. The monoisotopic (exact) mass is 424 g/mol. The first-order chi connectivity index (χ1) is 14.9. The average Bonchev–Trinajstić information content (AvgIpc) is 3.13. The number of likely N-dealkylation sites (tertiary alicyclic amines) is 1. The molecule has 0 saturated carbocycles. The minimum absolute atomic E-state index is 0.0955. The van der Waals surface area contributed by atoms with Gasteiger partial charge in [-0.05, 0) is 49.1 Å². The van der Waals surface area contributed by atoms with E-state index in [0.29, 0.717) is 37.4 Å². The van der Waals surface area contributed by atoms with Crippen LogP contribution in [0.5, 0.6) is 11.5 Å². The normalized spacial score (nSPS) is 16.8. The predicted molar refractivity (Wildman–Crippen MR) is 116 cm³/mol. The molecule has 0 bridgehead atoms. The summed E-state index contributed by atoms with van der Waals surface area (Å²) in [5.74, 6) is 0.309. The SMILES string of the molecule is COCC(=O)c1cc(C(=O)N2CCC3(CC2)COc2ccc(CN)cc23)cc(C)c1O. The molecule has 2 aliphatic rings. The van der Waals surface area contributed by atoms with Gasteiger partial charge in [-0.3, -0.25) is 9.59 Å². The fourth-order valence-corrected chi connectivity index (χ4v) is 4.60. The highest BCUT2D eigenvalue weighted by molar-refractivity contribution is 6.03. The van der Waals surface area contributed by atoms with E-state index in [9.17, 15) is 14.7 Å². The summed E-state index contributed by atoms with van der Waals surface area (Å²) in [5, 5.41) is 10.3. The second-order valence-corrected chi connectivity index (χ2v) is 8.44. The molecule has 7 nitrogen and oxygen atoms in total. The van der Waals surface area contributed by atoms with Gasteiger partial charge in [-0.1, -0.05) is 12.1 Å². The Morgan fingerprint density at radius 1 is 1.23 bits per heavy atom. The topological polar surface area (TPSA) is 102 Å². The van der Waals surface area contributed by atoms with Gasteiger partial charge in [0.05, 0.1) is 12.2 Å². The van der Waals surface area contributed by atoms with Gasteiger partial charge in [0.25, 0.3) is 5.91 Å². The first-order valence-electron chi connectivity index (χ1n) is 10.5. The number of nitrogens with two attached hydrogens (primary N) is 1. The van der Waals surface area contributed by atoms with E-state index < -0.39 is 0 Å². The zero-order valence-electron chi connectivity index (χ0n) is 17.9. The number of rotatable bonds is 5. The lowest BCUT2D eigenvalue weighted by Gasteiger charge is -2.38. The molecule has 2 aromatic rings. The van der Waals surface area contributed by atoms with E-state index >= 15 is 0 Å². The van der Waals surface area contributed by atoms with Gasteiger partial charge in [0.2, 0.25) is 0 Å². The van der Waals surface area contributed by atoms with E-state index in [1.165, 1.54) is 18.7 Å². The van der Waals surface area contributed by atoms with E-state index in [-0.39, 0.29) is 35.0 Å². The fraction of sp³-hybridized carbons (Fsp3) is 0.417. The minimum Gasteiger partial charge on any atom is -0.507 e. The van der Waals surface area contributed by atoms with Crippen molar-refractivity contribution in [3.05, 3.63) is 58.1 Å². The van der Waals surface area contributed by atoms with Crippen LogP contribution in [-0.4, -0.2) is 55.1 Å². The van der Waals surface area contributed by atoms with E-state index in [4.69, 9.17) is 15.2 Å². The average molecular weight is 424 g/mol. The van der Waals surface area contributed by atoms with E-state index in [2.05, 4.69) is 6.07 Å². The van der Waals surface area contributed by atoms with Crippen LogP contribution in [-0.2, 0) is 16.7 Å². The Morgan fingerprint density at radius 3 is 2.65 bits per heavy atom. The summed E-state index contributed by atoms with van der Waals surface area (Å²) in [4.78, 5) is 27.3. The standard InChI is InChI=1S/C24H28N2O5/c1-15-9-17(11-18(22(15)28)20(27)13-30-2)23(29)26-7-5-24(6-8-26)14-31-21-4-3-16(12-25)10-19(21)24/h3-4,9-11,28H,5-8,12-14,25H2,1-2H3. The van der Waals surface area contributed by atoms with Gasteiger partial charge in [0, 0.05) is 43.3 Å². The number of Topliss-reactive ketones (excluding diaryl/α,β-unsaturated/α-hetero) is 1. The van der Waals surface area contributed by atoms with Crippen LogP contribution in [0.1, 0.15) is 50.2 Å². The largest absolute Gasteiger partial charge is 0.507 e.